The van der Waals surface area contributed by atoms with E-state index in [1.165, 1.54) is 16.4 Å². The highest BCUT2D eigenvalue weighted by Gasteiger charge is 2.18. The van der Waals surface area contributed by atoms with Crippen LogP contribution in [0.3, 0.4) is 0 Å². The minimum Gasteiger partial charge on any atom is -0.213 e. The Bertz CT molecular complexity index is 657. The van der Waals surface area contributed by atoms with Crippen LogP contribution in [0.4, 0.5) is 0 Å². The molecule has 9 heteroatoms. The fraction of sp³-hybridized carbons (Fsp3) is 0.500. The van der Waals surface area contributed by atoms with Gasteiger partial charge in [-0.1, -0.05) is 22.9 Å². The lowest BCUT2D eigenvalue weighted by Crippen LogP contribution is -2.38. The molecule has 1 rings (SSSR count). The van der Waals surface area contributed by atoms with Gasteiger partial charge in [0, 0.05) is 24.1 Å². The molecule has 0 aliphatic carbocycles. The van der Waals surface area contributed by atoms with Crippen LogP contribution in [-0.4, -0.2) is 47.0 Å². The molecule has 21 heavy (non-hydrogen) atoms. The maximum atomic E-state index is 12.0. The molecule has 0 saturated heterocycles. The van der Waals surface area contributed by atoms with Gasteiger partial charge in [0.25, 0.3) is 0 Å². The number of sulfonamides is 2. The highest BCUT2D eigenvalue weighted by molar-refractivity contribution is 9.10. The first-order valence-electron chi connectivity index (χ1n) is 6.37. The standard InChI is InChI=1S/C12H19BrN2O4S2/c1-3-9-15(20(2,16)17)10-8-14-21(18,19)12-6-4-11(13)5-7-12/h4-7,14H,3,8-10H2,1-2H3. The first-order valence-corrected chi connectivity index (χ1v) is 10.5. The number of hydrogen-bond acceptors (Lipinski definition) is 4. The van der Waals surface area contributed by atoms with E-state index in [2.05, 4.69) is 20.7 Å². The van der Waals surface area contributed by atoms with E-state index in [4.69, 9.17) is 0 Å². The summed E-state index contributed by atoms with van der Waals surface area (Å²) in [6, 6.07) is 6.22. The molecule has 0 bridgehead atoms. The fourth-order valence-corrected chi connectivity index (χ4v) is 3.92. The van der Waals surface area contributed by atoms with Crippen molar-refractivity contribution in [2.75, 3.05) is 25.9 Å². The summed E-state index contributed by atoms with van der Waals surface area (Å²) >= 11 is 3.23. The second kappa shape index (κ2) is 7.68. The normalized spacial score (nSPS) is 12.8. The smallest absolute Gasteiger partial charge is 0.213 e. The summed E-state index contributed by atoms with van der Waals surface area (Å²) in [5.41, 5.74) is 0. The lowest BCUT2D eigenvalue weighted by molar-refractivity contribution is 0.416. The molecule has 1 aromatic rings. The molecular formula is C12H19BrN2O4S2. The van der Waals surface area contributed by atoms with Crippen molar-refractivity contribution in [1.29, 1.82) is 0 Å². The Labute approximate surface area is 134 Å². The highest BCUT2D eigenvalue weighted by atomic mass is 79.9. The monoisotopic (exact) mass is 398 g/mol. The molecular weight excluding hydrogens is 380 g/mol. The quantitative estimate of drug-likeness (QED) is 0.716. The highest BCUT2D eigenvalue weighted by Crippen LogP contribution is 2.14. The average Bonchev–Trinajstić information content (AvgIpc) is 2.37. The summed E-state index contributed by atoms with van der Waals surface area (Å²) in [5, 5.41) is 0. The first-order chi connectivity index (χ1) is 9.66. The zero-order valence-electron chi connectivity index (χ0n) is 11.9. The Hall–Kier alpha value is -0.480. The van der Waals surface area contributed by atoms with Gasteiger partial charge in [0.05, 0.1) is 11.2 Å². The molecule has 0 fully saturated rings. The number of benzene rings is 1. The van der Waals surface area contributed by atoms with Gasteiger partial charge >= 0.3 is 0 Å². The van der Waals surface area contributed by atoms with Gasteiger partial charge in [0.2, 0.25) is 20.0 Å². The van der Waals surface area contributed by atoms with Crippen LogP contribution in [0, 0.1) is 0 Å². The van der Waals surface area contributed by atoms with Crippen LogP contribution in [0.1, 0.15) is 13.3 Å². The molecule has 6 nitrogen and oxygen atoms in total. The average molecular weight is 399 g/mol. The Morgan fingerprint density at radius 3 is 2.14 bits per heavy atom. The molecule has 1 N–H and O–H groups in total. The van der Waals surface area contributed by atoms with Gasteiger partial charge in [-0.2, -0.15) is 0 Å². The molecule has 1 aromatic carbocycles. The van der Waals surface area contributed by atoms with Crippen LogP contribution in [0.25, 0.3) is 0 Å². The van der Waals surface area contributed by atoms with Gasteiger partial charge in [0.1, 0.15) is 0 Å². The third-order valence-corrected chi connectivity index (χ3v) is 6.03. The Balaban J connectivity index is 2.67. The Morgan fingerprint density at radius 2 is 1.67 bits per heavy atom. The van der Waals surface area contributed by atoms with Crippen molar-refractivity contribution in [3.63, 3.8) is 0 Å². The van der Waals surface area contributed by atoms with E-state index in [0.717, 1.165) is 10.7 Å². The molecule has 0 radical (unpaired) electrons. The van der Waals surface area contributed by atoms with Gasteiger partial charge in [-0.25, -0.2) is 25.9 Å². The predicted molar refractivity (Wildman–Crippen MR) is 86.0 cm³/mol. The van der Waals surface area contributed by atoms with Crippen molar-refractivity contribution in [3.05, 3.63) is 28.7 Å². The van der Waals surface area contributed by atoms with E-state index in [1.807, 2.05) is 6.92 Å². The van der Waals surface area contributed by atoms with E-state index >= 15 is 0 Å². The molecule has 0 aromatic heterocycles. The summed E-state index contributed by atoms with van der Waals surface area (Å²) in [6.07, 6.45) is 1.79. The van der Waals surface area contributed by atoms with E-state index in [-0.39, 0.29) is 18.0 Å². The van der Waals surface area contributed by atoms with E-state index in [0.29, 0.717) is 13.0 Å². The van der Waals surface area contributed by atoms with Crippen LogP contribution >= 0.6 is 15.9 Å². The predicted octanol–water partition coefficient (Wildman–Crippen LogP) is 1.40. The van der Waals surface area contributed by atoms with Crippen LogP contribution in [0.2, 0.25) is 0 Å². The molecule has 0 aliphatic rings. The summed E-state index contributed by atoms with van der Waals surface area (Å²) in [4.78, 5) is 0.145. The van der Waals surface area contributed by atoms with Crippen molar-refractivity contribution in [1.82, 2.24) is 9.03 Å². The van der Waals surface area contributed by atoms with Gasteiger partial charge in [-0.05, 0) is 30.7 Å². The maximum absolute atomic E-state index is 12.0. The van der Waals surface area contributed by atoms with Crippen molar-refractivity contribution in [2.24, 2.45) is 0 Å². The van der Waals surface area contributed by atoms with Crippen molar-refractivity contribution >= 4 is 36.0 Å². The maximum Gasteiger partial charge on any atom is 0.240 e. The SMILES string of the molecule is CCCN(CCNS(=O)(=O)c1ccc(Br)cc1)S(C)(=O)=O. The summed E-state index contributed by atoms with van der Waals surface area (Å²) in [7, 11) is -6.95. The first kappa shape index (κ1) is 18.6. The minimum absolute atomic E-state index is 0.0332. The molecule has 0 amide bonds. The van der Waals surface area contributed by atoms with Crippen molar-refractivity contribution < 1.29 is 16.8 Å². The van der Waals surface area contributed by atoms with E-state index in [9.17, 15) is 16.8 Å². The number of hydrogen-bond donors (Lipinski definition) is 1. The molecule has 0 atom stereocenters. The van der Waals surface area contributed by atoms with Gasteiger partial charge in [-0.15, -0.1) is 0 Å². The lowest BCUT2D eigenvalue weighted by Gasteiger charge is -2.19. The number of halogens is 1. The van der Waals surface area contributed by atoms with Crippen molar-refractivity contribution in [3.8, 4) is 0 Å². The zero-order chi connectivity index (χ0) is 16.1. The lowest BCUT2D eigenvalue weighted by atomic mass is 10.4. The van der Waals surface area contributed by atoms with Gasteiger partial charge in [-0.3, -0.25) is 0 Å². The van der Waals surface area contributed by atoms with Gasteiger partial charge in [0.15, 0.2) is 0 Å². The molecule has 0 unspecified atom stereocenters. The summed E-state index contributed by atoms with van der Waals surface area (Å²) in [6.45, 7) is 2.39. The van der Waals surface area contributed by atoms with E-state index in [1.54, 1.807) is 12.1 Å². The molecule has 120 valence electrons. The van der Waals surface area contributed by atoms with E-state index < -0.39 is 20.0 Å². The fourth-order valence-electron chi connectivity index (χ4n) is 1.69. The second-order valence-electron chi connectivity index (χ2n) is 4.51. The molecule has 0 saturated carbocycles. The van der Waals surface area contributed by atoms with Crippen LogP contribution in [0.15, 0.2) is 33.6 Å². The Kier molecular flexibility index (Phi) is 6.79. The minimum atomic E-state index is -3.63. The van der Waals surface area contributed by atoms with Crippen molar-refractivity contribution in [2.45, 2.75) is 18.2 Å². The Morgan fingerprint density at radius 1 is 1.10 bits per heavy atom. The van der Waals surface area contributed by atoms with Crippen LogP contribution in [-0.2, 0) is 20.0 Å². The topological polar surface area (TPSA) is 83.6 Å². The number of nitrogens with zero attached hydrogens (tertiary/aromatic N) is 1. The zero-order valence-corrected chi connectivity index (χ0v) is 15.1. The summed E-state index contributed by atoms with van der Waals surface area (Å²) in [5.74, 6) is 0. The number of nitrogens with one attached hydrogen (secondary N) is 1. The molecule has 0 heterocycles. The summed E-state index contributed by atoms with van der Waals surface area (Å²) < 4.78 is 51.6. The van der Waals surface area contributed by atoms with Gasteiger partial charge < -0.3 is 0 Å². The third-order valence-electron chi connectivity index (χ3n) is 2.72. The largest absolute Gasteiger partial charge is 0.240 e. The van der Waals surface area contributed by atoms with Crippen LogP contribution in [0.5, 0.6) is 0 Å². The molecule has 0 spiro atoms. The van der Waals surface area contributed by atoms with Crippen LogP contribution < -0.4 is 4.72 Å². The third kappa shape index (κ3) is 6.03. The second-order valence-corrected chi connectivity index (χ2v) is 9.18. The number of rotatable bonds is 8. The molecule has 0 aliphatic heterocycles.